The first-order valence-corrected chi connectivity index (χ1v) is 5.68. The van der Waals surface area contributed by atoms with Crippen LogP contribution in [0.5, 0.6) is 0 Å². The summed E-state index contributed by atoms with van der Waals surface area (Å²) in [4.78, 5) is 1.40. The number of hydrogen-bond donors (Lipinski definition) is 2. The lowest BCUT2D eigenvalue weighted by molar-refractivity contribution is 0.472. The van der Waals surface area contributed by atoms with Gasteiger partial charge < -0.3 is 11.1 Å². The summed E-state index contributed by atoms with van der Waals surface area (Å²) in [5.74, 6) is 0.625. The Morgan fingerprint density at radius 2 is 2.46 bits per heavy atom. The Kier molecular flexibility index (Phi) is 5.05. The van der Waals surface area contributed by atoms with Crippen LogP contribution in [0.3, 0.4) is 0 Å². The van der Waals surface area contributed by atoms with Crippen LogP contribution in [-0.4, -0.2) is 13.1 Å². The number of nitrogens with two attached hydrogens (primary N) is 1. The van der Waals surface area contributed by atoms with Gasteiger partial charge in [0.25, 0.3) is 0 Å². The van der Waals surface area contributed by atoms with Crippen molar-refractivity contribution < 1.29 is 0 Å². The predicted molar refractivity (Wildman–Crippen MR) is 58.9 cm³/mol. The summed E-state index contributed by atoms with van der Waals surface area (Å²) in [6, 6.07) is 4.24. The van der Waals surface area contributed by atoms with E-state index < -0.39 is 0 Å². The molecule has 0 spiro atoms. The summed E-state index contributed by atoms with van der Waals surface area (Å²) in [6.07, 6.45) is 1.16. The first-order chi connectivity index (χ1) is 6.36. The van der Waals surface area contributed by atoms with Gasteiger partial charge in [-0.15, -0.1) is 11.3 Å². The van der Waals surface area contributed by atoms with E-state index in [0.717, 1.165) is 26.1 Å². The first kappa shape index (κ1) is 10.7. The van der Waals surface area contributed by atoms with Crippen LogP contribution in [0.4, 0.5) is 0 Å². The molecule has 3 heteroatoms. The molecule has 0 saturated carbocycles. The Hall–Kier alpha value is -0.380. The van der Waals surface area contributed by atoms with Crippen molar-refractivity contribution >= 4 is 11.3 Å². The van der Waals surface area contributed by atoms with Crippen LogP contribution in [-0.2, 0) is 6.54 Å². The maximum absolute atomic E-state index is 5.61. The van der Waals surface area contributed by atoms with Gasteiger partial charge in [0, 0.05) is 11.4 Å². The van der Waals surface area contributed by atoms with Crippen LogP contribution < -0.4 is 11.1 Å². The molecular formula is C10H18N2S. The Balaban J connectivity index is 2.13. The van der Waals surface area contributed by atoms with Gasteiger partial charge in [0.05, 0.1) is 0 Å². The minimum Gasteiger partial charge on any atom is -0.330 e. The van der Waals surface area contributed by atoms with E-state index in [1.807, 2.05) is 0 Å². The second-order valence-electron chi connectivity index (χ2n) is 3.22. The number of thiophene rings is 1. The molecule has 13 heavy (non-hydrogen) atoms. The summed E-state index contributed by atoms with van der Waals surface area (Å²) in [5, 5.41) is 5.53. The molecule has 1 heterocycles. The van der Waals surface area contributed by atoms with Gasteiger partial charge in [0.2, 0.25) is 0 Å². The predicted octanol–water partition coefficient (Wildman–Crippen LogP) is 1.82. The van der Waals surface area contributed by atoms with Gasteiger partial charge >= 0.3 is 0 Å². The van der Waals surface area contributed by atoms with Crippen LogP contribution in [0.2, 0.25) is 0 Å². The fourth-order valence-corrected chi connectivity index (χ4v) is 1.88. The maximum Gasteiger partial charge on any atom is 0.0299 e. The Bertz CT molecular complexity index is 205. The molecule has 1 aromatic rings. The quantitative estimate of drug-likeness (QED) is 0.732. The van der Waals surface area contributed by atoms with Crippen molar-refractivity contribution in [2.75, 3.05) is 13.1 Å². The lowest BCUT2D eigenvalue weighted by Crippen LogP contribution is -2.27. The van der Waals surface area contributed by atoms with E-state index in [1.165, 1.54) is 4.88 Å². The Morgan fingerprint density at radius 1 is 1.62 bits per heavy atom. The molecule has 2 nitrogen and oxygen atoms in total. The minimum absolute atomic E-state index is 0.625. The molecule has 0 radical (unpaired) electrons. The van der Waals surface area contributed by atoms with E-state index in [0.29, 0.717) is 5.92 Å². The van der Waals surface area contributed by atoms with Gasteiger partial charge in [-0.1, -0.05) is 19.4 Å². The fourth-order valence-electron chi connectivity index (χ4n) is 1.21. The molecule has 0 aliphatic heterocycles. The van der Waals surface area contributed by atoms with Crippen molar-refractivity contribution in [3.8, 4) is 0 Å². The van der Waals surface area contributed by atoms with Gasteiger partial charge in [-0.25, -0.2) is 0 Å². The van der Waals surface area contributed by atoms with Crippen molar-refractivity contribution in [2.24, 2.45) is 11.7 Å². The maximum atomic E-state index is 5.61. The van der Waals surface area contributed by atoms with Crippen molar-refractivity contribution in [1.82, 2.24) is 5.32 Å². The molecule has 1 atom stereocenters. The molecule has 74 valence electrons. The van der Waals surface area contributed by atoms with Crippen molar-refractivity contribution in [1.29, 1.82) is 0 Å². The standard InChI is InChI=1S/C10H18N2S/c1-2-9(6-11)7-12-8-10-4-3-5-13-10/h3-5,9,12H,2,6-8,11H2,1H3. The summed E-state index contributed by atoms with van der Waals surface area (Å²) in [7, 11) is 0. The zero-order chi connectivity index (χ0) is 9.52. The molecule has 0 saturated heterocycles. The lowest BCUT2D eigenvalue weighted by Gasteiger charge is -2.12. The minimum atomic E-state index is 0.625. The number of rotatable bonds is 6. The Labute approximate surface area is 84.2 Å². The summed E-state index contributed by atoms with van der Waals surface area (Å²) in [5.41, 5.74) is 5.61. The van der Waals surface area contributed by atoms with Crippen LogP contribution in [0.1, 0.15) is 18.2 Å². The first-order valence-electron chi connectivity index (χ1n) is 4.80. The molecule has 0 aromatic carbocycles. The highest BCUT2D eigenvalue weighted by Gasteiger charge is 2.02. The highest BCUT2D eigenvalue weighted by Crippen LogP contribution is 2.07. The summed E-state index contributed by atoms with van der Waals surface area (Å²) >= 11 is 1.80. The van der Waals surface area contributed by atoms with Crippen LogP contribution in [0, 0.1) is 5.92 Å². The molecular weight excluding hydrogens is 180 g/mol. The SMILES string of the molecule is CCC(CN)CNCc1cccs1. The van der Waals surface area contributed by atoms with E-state index in [1.54, 1.807) is 11.3 Å². The van der Waals surface area contributed by atoms with Crippen molar-refractivity contribution in [2.45, 2.75) is 19.9 Å². The highest BCUT2D eigenvalue weighted by molar-refractivity contribution is 7.09. The van der Waals surface area contributed by atoms with Gasteiger partial charge in [0.1, 0.15) is 0 Å². The molecule has 0 amide bonds. The monoisotopic (exact) mass is 198 g/mol. The average Bonchev–Trinajstić information content (AvgIpc) is 2.65. The number of nitrogens with one attached hydrogen (secondary N) is 1. The second-order valence-corrected chi connectivity index (χ2v) is 4.25. The van der Waals surface area contributed by atoms with Crippen LogP contribution in [0.15, 0.2) is 17.5 Å². The molecule has 0 aliphatic carbocycles. The largest absolute Gasteiger partial charge is 0.330 e. The van der Waals surface area contributed by atoms with E-state index in [9.17, 15) is 0 Å². The molecule has 3 N–H and O–H groups in total. The zero-order valence-electron chi connectivity index (χ0n) is 8.12. The third-order valence-electron chi connectivity index (χ3n) is 2.22. The van der Waals surface area contributed by atoms with Crippen LogP contribution in [0.25, 0.3) is 0 Å². The normalized spacial score (nSPS) is 13.1. The molecule has 0 aliphatic rings. The Morgan fingerprint density at radius 3 is 3.00 bits per heavy atom. The van der Waals surface area contributed by atoms with E-state index in [2.05, 4.69) is 29.8 Å². The van der Waals surface area contributed by atoms with Crippen molar-refractivity contribution in [3.05, 3.63) is 22.4 Å². The number of hydrogen-bond acceptors (Lipinski definition) is 3. The van der Waals surface area contributed by atoms with Gasteiger partial charge in [-0.2, -0.15) is 0 Å². The summed E-state index contributed by atoms with van der Waals surface area (Å²) < 4.78 is 0. The zero-order valence-corrected chi connectivity index (χ0v) is 8.94. The molecule has 0 bridgehead atoms. The van der Waals surface area contributed by atoms with E-state index >= 15 is 0 Å². The van der Waals surface area contributed by atoms with E-state index in [-0.39, 0.29) is 0 Å². The molecule has 1 unspecified atom stereocenters. The average molecular weight is 198 g/mol. The van der Waals surface area contributed by atoms with Crippen LogP contribution >= 0.6 is 11.3 Å². The van der Waals surface area contributed by atoms with Crippen molar-refractivity contribution in [3.63, 3.8) is 0 Å². The third-order valence-corrected chi connectivity index (χ3v) is 3.10. The smallest absolute Gasteiger partial charge is 0.0299 e. The van der Waals surface area contributed by atoms with Gasteiger partial charge in [0.15, 0.2) is 0 Å². The van der Waals surface area contributed by atoms with Gasteiger partial charge in [-0.3, -0.25) is 0 Å². The highest BCUT2D eigenvalue weighted by atomic mass is 32.1. The summed E-state index contributed by atoms with van der Waals surface area (Å²) in [6.45, 7) is 4.98. The second kappa shape index (κ2) is 6.13. The third kappa shape index (κ3) is 3.89. The topological polar surface area (TPSA) is 38.0 Å². The van der Waals surface area contributed by atoms with Gasteiger partial charge in [-0.05, 0) is 30.5 Å². The lowest BCUT2D eigenvalue weighted by atomic mass is 10.1. The molecule has 1 rings (SSSR count). The molecule has 1 aromatic heterocycles. The van der Waals surface area contributed by atoms with E-state index in [4.69, 9.17) is 5.73 Å². The molecule has 0 fully saturated rings. The fraction of sp³-hybridized carbons (Fsp3) is 0.600.